The van der Waals surface area contributed by atoms with Crippen LogP contribution in [0.5, 0.6) is 5.75 Å². The highest BCUT2D eigenvalue weighted by atomic mass is 79.9. The Labute approximate surface area is 183 Å². The van der Waals surface area contributed by atoms with Crippen molar-refractivity contribution in [3.63, 3.8) is 0 Å². The van der Waals surface area contributed by atoms with Gasteiger partial charge in [-0.2, -0.15) is 5.10 Å². The molecule has 1 amide bonds. The van der Waals surface area contributed by atoms with E-state index in [1.807, 2.05) is 37.3 Å². The third-order valence-electron chi connectivity index (χ3n) is 4.16. The lowest BCUT2D eigenvalue weighted by Gasteiger charge is -2.09. The van der Waals surface area contributed by atoms with Crippen molar-refractivity contribution >= 4 is 39.7 Å². The van der Waals surface area contributed by atoms with Crippen LogP contribution in [0.3, 0.4) is 0 Å². The van der Waals surface area contributed by atoms with Gasteiger partial charge < -0.3 is 10.1 Å². The SMILES string of the molecule is Cc1ccccc1NCC(=O)N/N=C\c1cc(Br)ccc1OC(=O)c1ccccc1. The Balaban J connectivity index is 1.62. The summed E-state index contributed by atoms with van der Waals surface area (Å²) in [4.78, 5) is 24.4. The first-order valence-corrected chi connectivity index (χ1v) is 10.0. The Kier molecular flexibility index (Phi) is 7.34. The van der Waals surface area contributed by atoms with E-state index in [1.54, 1.807) is 42.5 Å². The summed E-state index contributed by atoms with van der Waals surface area (Å²) < 4.78 is 6.27. The molecule has 3 rings (SSSR count). The molecule has 0 unspecified atom stereocenters. The molecule has 0 aliphatic heterocycles. The molecule has 0 aromatic heterocycles. The van der Waals surface area contributed by atoms with Gasteiger partial charge in [-0.15, -0.1) is 0 Å². The van der Waals surface area contributed by atoms with Crippen molar-refractivity contribution in [3.8, 4) is 5.75 Å². The van der Waals surface area contributed by atoms with Gasteiger partial charge >= 0.3 is 5.97 Å². The molecule has 0 bridgehead atoms. The molecule has 6 nitrogen and oxygen atoms in total. The number of hydrogen-bond donors (Lipinski definition) is 2. The van der Waals surface area contributed by atoms with Crippen LogP contribution in [0.2, 0.25) is 0 Å². The number of carbonyl (C=O) groups excluding carboxylic acids is 2. The quantitative estimate of drug-likeness (QED) is 0.232. The standard InChI is InChI=1S/C23H20BrN3O3/c1-16-7-5-6-10-20(16)25-15-22(28)27-26-14-18-13-19(24)11-12-21(18)30-23(29)17-8-3-2-4-9-17/h2-14,25H,15H2,1H3,(H,27,28)/b26-14-. The topological polar surface area (TPSA) is 79.8 Å². The number of amides is 1. The number of ether oxygens (including phenoxy) is 1. The first kappa shape index (κ1) is 21.3. The molecule has 0 spiro atoms. The van der Waals surface area contributed by atoms with E-state index >= 15 is 0 Å². The fourth-order valence-electron chi connectivity index (χ4n) is 2.61. The maximum Gasteiger partial charge on any atom is 0.343 e. The molecule has 0 atom stereocenters. The van der Waals surface area contributed by atoms with Gasteiger partial charge in [-0.1, -0.05) is 52.3 Å². The van der Waals surface area contributed by atoms with Crippen LogP contribution in [0.25, 0.3) is 0 Å². The van der Waals surface area contributed by atoms with Gasteiger partial charge in [-0.25, -0.2) is 10.2 Å². The Morgan fingerprint density at radius 1 is 1.03 bits per heavy atom. The molecule has 0 saturated heterocycles. The van der Waals surface area contributed by atoms with E-state index in [2.05, 4.69) is 31.8 Å². The molecule has 0 aliphatic carbocycles. The number of esters is 1. The molecular weight excluding hydrogens is 446 g/mol. The molecular formula is C23H20BrN3O3. The predicted molar refractivity (Wildman–Crippen MR) is 121 cm³/mol. The summed E-state index contributed by atoms with van der Waals surface area (Å²) in [6.07, 6.45) is 1.43. The number of para-hydroxylation sites is 1. The van der Waals surface area contributed by atoms with Crippen molar-refractivity contribution in [3.05, 3.63) is 94.0 Å². The number of hydrazone groups is 1. The zero-order valence-corrected chi connectivity index (χ0v) is 17.8. The summed E-state index contributed by atoms with van der Waals surface area (Å²) in [5.41, 5.74) is 5.39. The Morgan fingerprint density at radius 2 is 1.77 bits per heavy atom. The maximum atomic E-state index is 12.3. The zero-order chi connectivity index (χ0) is 21.3. The van der Waals surface area contributed by atoms with Gasteiger partial charge in [0.05, 0.1) is 18.3 Å². The molecule has 7 heteroatoms. The second-order valence-corrected chi connectivity index (χ2v) is 7.32. The summed E-state index contributed by atoms with van der Waals surface area (Å²) >= 11 is 3.39. The number of halogens is 1. The van der Waals surface area contributed by atoms with Gasteiger partial charge in [0.15, 0.2) is 0 Å². The second kappa shape index (κ2) is 10.4. The van der Waals surface area contributed by atoms with Crippen molar-refractivity contribution in [1.82, 2.24) is 5.43 Å². The summed E-state index contributed by atoms with van der Waals surface area (Å²) in [6, 6.07) is 21.6. The summed E-state index contributed by atoms with van der Waals surface area (Å²) in [7, 11) is 0. The zero-order valence-electron chi connectivity index (χ0n) is 16.3. The highest BCUT2D eigenvalue weighted by Gasteiger charge is 2.11. The molecule has 152 valence electrons. The number of hydrogen-bond acceptors (Lipinski definition) is 5. The maximum absolute atomic E-state index is 12.3. The Bertz CT molecular complexity index is 1070. The lowest BCUT2D eigenvalue weighted by Crippen LogP contribution is -2.26. The number of aryl methyl sites for hydroxylation is 1. The second-order valence-electron chi connectivity index (χ2n) is 6.40. The van der Waals surface area contributed by atoms with E-state index < -0.39 is 5.97 Å². The molecule has 30 heavy (non-hydrogen) atoms. The number of carbonyl (C=O) groups is 2. The highest BCUT2D eigenvalue weighted by molar-refractivity contribution is 9.10. The molecule has 3 aromatic rings. The molecule has 2 N–H and O–H groups in total. The van der Waals surface area contributed by atoms with E-state index in [0.29, 0.717) is 16.9 Å². The van der Waals surface area contributed by atoms with E-state index in [-0.39, 0.29) is 12.5 Å². The van der Waals surface area contributed by atoms with E-state index in [0.717, 1.165) is 15.7 Å². The molecule has 0 aliphatic rings. The minimum absolute atomic E-state index is 0.0799. The van der Waals surface area contributed by atoms with Gasteiger partial charge in [0, 0.05) is 15.7 Å². The van der Waals surface area contributed by atoms with Crippen molar-refractivity contribution < 1.29 is 14.3 Å². The van der Waals surface area contributed by atoms with E-state index in [1.165, 1.54) is 6.21 Å². The van der Waals surface area contributed by atoms with Crippen LogP contribution in [0.15, 0.2) is 82.4 Å². The Hall–Kier alpha value is -3.45. The molecule has 0 radical (unpaired) electrons. The van der Waals surface area contributed by atoms with Gasteiger partial charge in [0.1, 0.15) is 5.75 Å². The largest absolute Gasteiger partial charge is 0.422 e. The van der Waals surface area contributed by atoms with Crippen LogP contribution >= 0.6 is 15.9 Å². The number of anilines is 1. The predicted octanol–water partition coefficient (Wildman–Crippen LogP) is 4.54. The molecule has 0 fully saturated rings. The normalized spacial score (nSPS) is 10.6. The van der Waals surface area contributed by atoms with Crippen LogP contribution < -0.4 is 15.5 Å². The minimum atomic E-state index is -0.473. The summed E-state index contributed by atoms with van der Waals surface area (Å²) in [5.74, 6) is -0.436. The van der Waals surface area contributed by atoms with Crippen molar-refractivity contribution in [2.75, 3.05) is 11.9 Å². The number of benzene rings is 3. The van der Waals surface area contributed by atoms with Gasteiger partial charge in [0.2, 0.25) is 0 Å². The minimum Gasteiger partial charge on any atom is -0.422 e. The fraction of sp³-hybridized carbons (Fsp3) is 0.0870. The summed E-state index contributed by atoms with van der Waals surface area (Å²) in [5, 5.41) is 7.04. The number of nitrogens with one attached hydrogen (secondary N) is 2. The first-order valence-electron chi connectivity index (χ1n) is 9.21. The third-order valence-corrected chi connectivity index (χ3v) is 4.65. The van der Waals surface area contributed by atoms with Crippen LogP contribution in [0.4, 0.5) is 5.69 Å². The van der Waals surface area contributed by atoms with Gasteiger partial charge in [-0.05, 0) is 48.9 Å². The average Bonchev–Trinajstić information content (AvgIpc) is 2.75. The summed E-state index contributed by atoms with van der Waals surface area (Å²) in [6.45, 7) is 2.04. The van der Waals surface area contributed by atoms with Gasteiger partial charge in [-0.3, -0.25) is 4.79 Å². The monoisotopic (exact) mass is 465 g/mol. The number of rotatable bonds is 7. The molecule has 3 aromatic carbocycles. The lowest BCUT2D eigenvalue weighted by molar-refractivity contribution is -0.119. The van der Waals surface area contributed by atoms with Crippen LogP contribution in [0, 0.1) is 6.92 Å². The van der Waals surface area contributed by atoms with Gasteiger partial charge in [0.25, 0.3) is 5.91 Å². The van der Waals surface area contributed by atoms with E-state index in [4.69, 9.17) is 4.74 Å². The van der Waals surface area contributed by atoms with Crippen LogP contribution in [0.1, 0.15) is 21.5 Å². The van der Waals surface area contributed by atoms with Crippen molar-refractivity contribution in [1.29, 1.82) is 0 Å². The van der Waals surface area contributed by atoms with Crippen LogP contribution in [-0.4, -0.2) is 24.6 Å². The lowest BCUT2D eigenvalue weighted by atomic mass is 10.2. The smallest absolute Gasteiger partial charge is 0.343 e. The number of nitrogens with zero attached hydrogens (tertiary/aromatic N) is 1. The first-order chi connectivity index (χ1) is 14.5. The van der Waals surface area contributed by atoms with Crippen molar-refractivity contribution in [2.45, 2.75) is 6.92 Å². The highest BCUT2D eigenvalue weighted by Crippen LogP contribution is 2.23. The van der Waals surface area contributed by atoms with Crippen LogP contribution in [-0.2, 0) is 4.79 Å². The van der Waals surface area contributed by atoms with Crippen molar-refractivity contribution in [2.24, 2.45) is 5.10 Å². The third kappa shape index (κ3) is 6.02. The fourth-order valence-corrected chi connectivity index (χ4v) is 2.99. The molecule has 0 saturated carbocycles. The average molecular weight is 466 g/mol. The Morgan fingerprint density at radius 3 is 2.53 bits per heavy atom. The van der Waals surface area contributed by atoms with E-state index in [9.17, 15) is 9.59 Å². The molecule has 0 heterocycles.